The minimum Gasteiger partial charge on any atom is -0.475 e. The summed E-state index contributed by atoms with van der Waals surface area (Å²) in [4.78, 5) is 22.6. The van der Waals surface area contributed by atoms with Crippen LogP contribution in [0, 0.1) is 6.92 Å². The van der Waals surface area contributed by atoms with E-state index in [1.165, 1.54) is 12.1 Å². The zero-order valence-electron chi connectivity index (χ0n) is 12.2. The molecule has 0 bridgehead atoms. The van der Waals surface area contributed by atoms with Gasteiger partial charge >= 0.3 is 5.97 Å². The summed E-state index contributed by atoms with van der Waals surface area (Å²) in [7, 11) is -1.52. The van der Waals surface area contributed by atoms with Gasteiger partial charge in [-0.05, 0) is 36.8 Å². The van der Waals surface area contributed by atoms with E-state index >= 15 is 0 Å². The van der Waals surface area contributed by atoms with Gasteiger partial charge in [-0.25, -0.2) is 4.79 Å². The van der Waals surface area contributed by atoms with Crippen LogP contribution in [0.3, 0.4) is 0 Å². The fourth-order valence-electron chi connectivity index (χ4n) is 1.86. The number of anilines is 1. The Morgan fingerprint density at radius 2 is 2.04 bits per heavy atom. The smallest absolute Gasteiger partial charge is 0.371 e. The summed E-state index contributed by atoms with van der Waals surface area (Å²) in [5.41, 5.74) is 1.29. The number of carbonyl (C=O) groups is 2. The average molecular weight is 356 g/mol. The van der Waals surface area contributed by atoms with Crippen molar-refractivity contribution < 1.29 is 23.3 Å². The summed E-state index contributed by atoms with van der Waals surface area (Å²) in [6, 6.07) is 7.83. The second-order valence-corrected chi connectivity index (χ2v) is 6.62. The van der Waals surface area contributed by atoms with Gasteiger partial charge in [0.05, 0.1) is 5.75 Å². The first-order chi connectivity index (χ1) is 10.9. The van der Waals surface area contributed by atoms with Crippen LogP contribution in [0.5, 0.6) is 0 Å². The van der Waals surface area contributed by atoms with E-state index in [-0.39, 0.29) is 23.0 Å². The molecular weight excluding hydrogens is 342 g/mol. The number of hydrogen-bond acceptors (Lipinski definition) is 4. The van der Waals surface area contributed by atoms with Gasteiger partial charge in [-0.1, -0.05) is 17.7 Å². The van der Waals surface area contributed by atoms with Crippen LogP contribution in [0.15, 0.2) is 34.7 Å². The van der Waals surface area contributed by atoms with E-state index in [9.17, 15) is 13.8 Å². The molecule has 0 aliphatic carbocycles. The molecule has 0 aliphatic heterocycles. The number of nitrogens with one attached hydrogen (secondary N) is 1. The van der Waals surface area contributed by atoms with Gasteiger partial charge in [0.2, 0.25) is 11.7 Å². The van der Waals surface area contributed by atoms with Crippen LogP contribution < -0.4 is 5.32 Å². The molecule has 0 spiro atoms. The van der Waals surface area contributed by atoms with Crippen LogP contribution in [-0.4, -0.2) is 26.9 Å². The van der Waals surface area contributed by atoms with Crippen LogP contribution >= 0.6 is 11.6 Å². The van der Waals surface area contributed by atoms with Gasteiger partial charge in [0.25, 0.3) is 0 Å². The molecule has 0 radical (unpaired) electrons. The van der Waals surface area contributed by atoms with E-state index in [2.05, 4.69) is 5.32 Å². The van der Waals surface area contributed by atoms with Gasteiger partial charge in [0.15, 0.2) is 0 Å². The lowest BCUT2D eigenvalue weighted by Gasteiger charge is -2.09. The van der Waals surface area contributed by atoms with Gasteiger partial charge in [-0.2, -0.15) is 0 Å². The van der Waals surface area contributed by atoms with Gasteiger partial charge < -0.3 is 14.8 Å². The first-order valence-corrected chi connectivity index (χ1v) is 8.45. The van der Waals surface area contributed by atoms with Gasteiger partial charge in [0, 0.05) is 21.5 Å². The largest absolute Gasteiger partial charge is 0.475 e. The van der Waals surface area contributed by atoms with Gasteiger partial charge in [0.1, 0.15) is 11.5 Å². The predicted molar refractivity (Wildman–Crippen MR) is 87.2 cm³/mol. The molecule has 1 atom stereocenters. The maximum absolute atomic E-state index is 12.0. The molecule has 2 rings (SSSR count). The Kier molecular flexibility index (Phi) is 5.57. The number of hydrogen-bond donors (Lipinski definition) is 2. The first-order valence-electron chi connectivity index (χ1n) is 6.58. The van der Waals surface area contributed by atoms with Crippen molar-refractivity contribution in [3.8, 4) is 0 Å². The number of halogens is 1. The topological polar surface area (TPSA) is 96.6 Å². The first kappa shape index (κ1) is 17.2. The lowest BCUT2D eigenvalue weighted by molar-refractivity contribution is -0.113. The van der Waals surface area contributed by atoms with Crippen LogP contribution in [0.4, 0.5) is 5.69 Å². The average Bonchev–Trinajstić information content (AvgIpc) is 2.92. The molecule has 2 N–H and O–H groups in total. The van der Waals surface area contributed by atoms with Crippen LogP contribution in [0.25, 0.3) is 0 Å². The van der Waals surface area contributed by atoms with Crippen molar-refractivity contribution in [1.29, 1.82) is 0 Å². The fourth-order valence-corrected chi connectivity index (χ4v) is 2.97. The van der Waals surface area contributed by atoms with E-state index in [0.29, 0.717) is 10.7 Å². The molecule has 0 fully saturated rings. The predicted octanol–water partition coefficient (Wildman–Crippen LogP) is 2.83. The second-order valence-electron chi connectivity index (χ2n) is 4.76. The van der Waals surface area contributed by atoms with Crippen molar-refractivity contribution in [3.63, 3.8) is 0 Å². The third kappa shape index (κ3) is 4.67. The number of carbonyl (C=O) groups excluding carboxylic acids is 1. The molecule has 1 aromatic carbocycles. The van der Waals surface area contributed by atoms with E-state index in [1.807, 2.05) is 0 Å². The molecule has 122 valence electrons. The van der Waals surface area contributed by atoms with Gasteiger partial charge in [-0.15, -0.1) is 0 Å². The van der Waals surface area contributed by atoms with Crippen LogP contribution in [0.1, 0.15) is 21.9 Å². The molecule has 1 aromatic heterocycles. The Bertz CT molecular complexity index is 771. The monoisotopic (exact) mass is 355 g/mol. The van der Waals surface area contributed by atoms with Crippen LogP contribution in [0.2, 0.25) is 5.02 Å². The second kappa shape index (κ2) is 7.43. The lowest BCUT2D eigenvalue weighted by atomic mass is 10.2. The minimum atomic E-state index is -1.52. The number of amides is 1. The number of rotatable bonds is 6. The minimum absolute atomic E-state index is 0.0325. The highest BCUT2D eigenvalue weighted by molar-refractivity contribution is 7.84. The molecule has 0 aliphatic rings. The van der Waals surface area contributed by atoms with Gasteiger partial charge in [-0.3, -0.25) is 9.00 Å². The molecule has 2 aromatic rings. The van der Waals surface area contributed by atoms with Crippen molar-refractivity contribution >= 4 is 40.0 Å². The molecule has 8 heteroatoms. The Morgan fingerprint density at radius 1 is 1.30 bits per heavy atom. The SMILES string of the molecule is Cc1c(Cl)cccc1NC(=O)CS(=O)Cc1ccc(C(=O)O)o1. The number of carboxylic acid groups (broad SMARTS) is 1. The maximum atomic E-state index is 12.0. The summed E-state index contributed by atoms with van der Waals surface area (Å²) < 4.78 is 17.0. The number of benzene rings is 1. The Hall–Kier alpha value is -2.12. The highest BCUT2D eigenvalue weighted by Crippen LogP contribution is 2.22. The van der Waals surface area contributed by atoms with E-state index in [4.69, 9.17) is 21.1 Å². The third-order valence-electron chi connectivity index (χ3n) is 3.01. The third-order valence-corrected chi connectivity index (χ3v) is 4.61. The molecule has 0 saturated carbocycles. The molecule has 0 saturated heterocycles. The molecular formula is C15H14ClNO5S. The maximum Gasteiger partial charge on any atom is 0.371 e. The molecule has 1 amide bonds. The van der Waals surface area contributed by atoms with Crippen molar-refractivity contribution in [2.24, 2.45) is 0 Å². The number of carboxylic acids is 1. The summed E-state index contributed by atoms with van der Waals surface area (Å²) in [5.74, 6) is -1.84. The highest BCUT2D eigenvalue weighted by atomic mass is 35.5. The van der Waals surface area contributed by atoms with Crippen molar-refractivity contribution in [2.75, 3.05) is 11.1 Å². The Labute approximate surface area is 139 Å². The van der Waals surface area contributed by atoms with E-state index in [0.717, 1.165) is 5.56 Å². The number of aromatic carboxylic acids is 1. The summed E-state index contributed by atoms with van der Waals surface area (Å²) in [5, 5.41) is 11.9. The van der Waals surface area contributed by atoms with Crippen molar-refractivity contribution in [2.45, 2.75) is 12.7 Å². The normalized spacial score (nSPS) is 11.9. The fraction of sp³-hybridized carbons (Fsp3) is 0.200. The zero-order valence-corrected chi connectivity index (χ0v) is 13.7. The van der Waals surface area contributed by atoms with Crippen molar-refractivity contribution in [1.82, 2.24) is 0 Å². The summed E-state index contributed by atoms with van der Waals surface area (Å²) in [6.07, 6.45) is 0. The number of furan rings is 1. The van der Waals surface area contributed by atoms with Crippen molar-refractivity contribution in [3.05, 3.63) is 52.4 Å². The summed E-state index contributed by atoms with van der Waals surface area (Å²) in [6.45, 7) is 1.77. The van der Waals surface area contributed by atoms with E-state index < -0.39 is 22.7 Å². The zero-order chi connectivity index (χ0) is 17.0. The molecule has 1 unspecified atom stereocenters. The Balaban J connectivity index is 1.93. The molecule has 23 heavy (non-hydrogen) atoms. The van der Waals surface area contributed by atoms with Crippen LogP contribution in [-0.2, 0) is 21.3 Å². The van der Waals surface area contributed by atoms with E-state index in [1.54, 1.807) is 25.1 Å². The lowest BCUT2D eigenvalue weighted by Crippen LogP contribution is -2.20. The quantitative estimate of drug-likeness (QED) is 0.830. The summed E-state index contributed by atoms with van der Waals surface area (Å²) >= 11 is 5.97. The standard InChI is InChI=1S/C15H14ClNO5S/c1-9-11(16)3-2-4-12(9)17-14(18)8-23(21)7-10-5-6-13(22-10)15(19)20/h2-6H,7-8H2,1H3,(H,17,18)(H,19,20). The molecule has 1 heterocycles. The molecule has 6 nitrogen and oxygen atoms in total. The Morgan fingerprint density at radius 3 is 2.70 bits per heavy atom. The highest BCUT2D eigenvalue weighted by Gasteiger charge is 2.14.